The number of fused-ring (bicyclic) bond motifs is 2. The van der Waals surface area contributed by atoms with E-state index >= 15 is 0 Å². The molecule has 1 aromatic heterocycles. The van der Waals surface area contributed by atoms with Crippen LogP contribution in [0.1, 0.15) is 5.56 Å². The minimum absolute atomic E-state index is 0.0762. The monoisotopic (exact) mass is 314 g/mol. The first-order valence-corrected chi connectivity index (χ1v) is 8.13. The van der Waals surface area contributed by atoms with Gasteiger partial charge in [-0.3, -0.25) is 4.79 Å². The lowest BCUT2D eigenvalue weighted by atomic mass is 10.1. The number of H-pyrrole nitrogens is 1. The second kappa shape index (κ2) is 4.58. The average molecular weight is 314 g/mol. The molecule has 0 aliphatic carbocycles. The van der Waals surface area contributed by atoms with E-state index in [-0.39, 0.29) is 37.9 Å². The van der Waals surface area contributed by atoms with Crippen molar-refractivity contribution in [3.8, 4) is 11.8 Å². The number of phenolic OH excluding ortho intramolecular Hbond substituents is 1. The summed E-state index contributed by atoms with van der Waals surface area (Å²) in [4.78, 5) is 15.5. The summed E-state index contributed by atoms with van der Waals surface area (Å²) in [5.74, 6) is -0.179. The second-order valence-electron chi connectivity index (χ2n) is 4.96. The van der Waals surface area contributed by atoms with Crippen molar-refractivity contribution in [3.05, 3.63) is 46.1 Å². The lowest BCUT2D eigenvalue weighted by Crippen LogP contribution is -2.06. The summed E-state index contributed by atoms with van der Waals surface area (Å²) >= 11 is 0. The number of nitriles is 1. The van der Waals surface area contributed by atoms with Gasteiger partial charge in [-0.25, -0.2) is 8.42 Å². The van der Waals surface area contributed by atoms with E-state index in [2.05, 4.69) is 4.98 Å². The van der Waals surface area contributed by atoms with Gasteiger partial charge in [0.05, 0.1) is 26.9 Å². The van der Waals surface area contributed by atoms with Crippen LogP contribution in [0.3, 0.4) is 0 Å². The van der Waals surface area contributed by atoms with Crippen LogP contribution in [0.15, 0.2) is 40.0 Å². The van der Waals surface area contributed by atoms with Crippen LogP contribution in [0.4, 0.5) is 0 Å². The van der Waals surface area contributed by atoms with Gasteiger partial charge >= 0.3 is 0 Å². The zero-order valence-electron chi connectivity index (χ0n) is 11.4. The standard InChI is InChI=1S/C15H10N2O4S/c1-22(20,21)10-2-3-11-13(6-10)17-14-8(7-16)4-9(18)5-12(14)15(11)19/h2-6,18H,1H3,(H,17,19). The third-order valence-electron chi connectivity index (χ3n) is 3.41. The van der Waals surface area contributed by atoms with Crippen molar-refractivity contribution >= 4 is 31.6 Å². The summed E-state index contributed by atoms with van der Waals surface area (Å²) in [6.07, 6.45) is 1.08. The number of rotatable bonds is 1. The van der Waals surface area contributed by atoms with E-state index in [0.29, 0.717) is 5.52 Å². The van der Waals surface area contributed by atoms with Gasteiger partial charge in [-0.1, -0.05) is 0 Å². The van der Waals surface area contributed by atoms with Gasteiger partial charge in [0.25, 0.3) is 0 Å². The number of benzene rings is 2. The van der Waals surface area contributed by atoms with Crippen LogP contribution in [0.2, 0.25) is 0 Å². The summed E-state index contributed by atoms with van der Waals surface area (Å²) in [6.45, 7) is 0. The number of phenols is 1. The van der Waals surface area contributed by atoms with Gasteiger partial charge < -0.3 is 10.1 Å². The molecule has 3 aromatic rings. The van der Waals surface area contributed by atoms with Crippen LogP contribution < -0.4 is 5.43 Å². The summed E-state index contributed by atoms with van der Waals surface area (Å²) < 4.78 is 23.2. The topological polar surface area (TPSA) is 111 Å². The molecule has 0 bridgehead atoms. The number of nitrogens with one attached hydrogen (secondary N) is 1. The number of aromatic amines is 1. The zero-order chi connectivity index (χ0) is 16.1. The lowest BCUT2D eigenvalue weighted by molar-refractivity contribution is 0.476. The summed E-state index contributed by atoms with van der Waals surface area (Å²) in [5.41, 5.74) is 0.320. The van der Waals surface area contributed by atoms with Crippen molar-refractivity contribution in [2.75, 3.05) is 6.26 Å². The summed E-state index contributed by atoms with van der Waals surface area (Å²) in [6, 6.07) is 8.55. The fraction of sp³-hybridized carbons (Fsp3) is 0.0667. The van der Waals surface area contributed by atoms with Gasteiger partial charge in [0.2, 0.25) is 0 Å². The lowest BCUT2D eigenvalue weighted by Gasteiger charge is -2.06. The number of hydrogen-bond donors (Lipinski definition) is 2. The number of pyridine rings is 1. The van der Waals surface area contributed by atoms with Crippen LogP contribution >= 0.6 is 0 Å². The number of nitrogens with zero attached hydrogens (tertiary/aromatic N) is 1. The van der Waals surface area contributed by atoms with Crippen LogP contribution in [-0.4, -0.2) is 24.8 Å². The van der Waals surface area contributed by atoms with Crippen molar-refractivity contribution in [3.63, 3.8) is 0 Å². The Balaban J connectivity index is 2.54. The molecule has 0 saturated carbocycles. The minimum atomic E-state index is -3.41. The zero-order valence-corrected chi connectivity index (χ0v) is 12.2. The molecular weight excluding hydrogens is 304 g/mol. The Morgan fingerprint density at radius 2 is 1.91 bits per heavy atom. The first-order valence-electron chi connectivity index (χ1n) is 6.24. The predicted octanol–water partition coefficient (Wildman–Crippen LogP) is 1.66. The van der Waals surface area contributed by atoms with Crippen molar-refractivity contribution in [1.29, 1.82) is 5.26 Å². The Morgan fingerprint density at radius 3 is 2.55 bits per heavy atom. The molecule has 0 atom stereocenters. The number of hydrogen-bond acceptors (Lipinski definition) is 5. The molecule has 7 heteroatoms. The molecule has 3 rings (SSSR count). The Morgan fingerprint density at radius 1 is 1.18 bits per heavy atom. The Hall–Kier alpha value is -2.85. The van der Waals surface area contributed by atoms with E-state index in [1.54, 1.807) is 0 Å². The van der Waals surface area contributed by atoms with Crippen LogP contribution in [-0.2, 0) is 9.84 Å². The first kappa shape index (κ1) is 14.1. The SMILES string of the molecule is CS(=O)(=O)c1ccc2c(=O)c3cc(O)cc(C#N)c3[nH]c2c1. The molecule has 22 heavy (non-hydrogen) atoms. The molecule has 0 saturated heterocycles. The number of aromatic nitrogens is 1. The maximum atomic E-state index is 12.5. The third kappa shape index (κ3) is 2.10. The van der Waals surface area contributed by atoms with Crippen LogP contribution in [0.25, 0.3) is 21.8 Å². The molecule has 0 spiro atoms. The van der Waals surface area contributed by atoms with Gasteiger partial charge in [-0.15, -0.1) is 0 Å². The number of aromatic hydroxyl groups is 1. The van der Waals surface area contributed by atoms with E-state index in [1.165, 1.54) is 30.3 Å². The summed E-state index contributed by atoms with van der Waals surface area (Å²) in [5, 5.41) is 19.2. The predicted molar refractivity (Wildman–Crippen MR) is 81.6 cm³/mol. The highest BCUT2D eigenvalue weighted by Gasteiger charge is 2.13. The Kier molecular flexibility index (Phi) is 2.93. The van der Waals surface area contributed by atoms with E-state index in [4.69, 9.17) is 5.26 Å². The molecule has 2 aromatic carbocycles. The molecule has 0 radical (unpaired) electrons. The third-order valence-corrected chi connectivity index (χ3v) is 4.52. The highest BCUT2D eigenvalue weighted by atomic mass is 32.2. The van der Waals surface area contributed by atoms with Crippen LogP contribution in [0.5, 0.6) is 5.75 Å². The molecular formula is C15H10N2O4S. The maximum absolute atomic E-state index is 12.5. The number of sulfone groups is 1. The van der Waals surface area contributed by atoms with Gasteiger partial charge in [0.15, 0.2) is 15.3 Å². The highest BCUT2D eigenvalue weighted by molar-refractivity contribution is 7.90. The molecule has 0 fully saturated rings. The van der Waals surface area contributed by atoms with Gasteiger partial charge in [0, 0.05) is 11.6 Å². The first-order chi connectivity index (χ1) is 10.3. The molecule has 110 valence electrons. The van der Waals surface area contributed by atoms with E-state index in [9.17, 15) is 18.3 Å². The van der Waals surface area contributed by atoms with Crippen molar-refractivity contribution in [2.24, 2.45) is 0 Å². The molecule has 0 aliphatic rings. The molecule has 2 N–H and O–H groups in total. The fourth-order valence-electron chi connectivity index (χ4n) is 2.36. The molecule has 0 aliphatic heterocycles. The fourth-order valence-corrected chi connectivity index (χ4v) is 3.01. The van der Waals surface area contributed by atoms with Crippen LogP contribution in [0, 0.1) is 11.3 Å². The van der Waals surface area contributed by atoms with E-state index in [1.807, 2.05) is 6.07 Å². The normalized spacial score (nSPS) is 11.6. The van der Waals surface area contributed by atoms with Gasteiger partial charge in [0.1, 0.15) is 11.8 Å². The second-order valence-corrected chi connectivity index (χ2v) is 6.98. The summed E-state index contributed by atoms with van der Waals surface area (Å²) in [7, 11) is -3.41. The van der Waals surface area contributed by atoms with Crippen molar-refractivity contribution in [1.82, 2.24) is 4.98 Å². The van der Waals surface area contributed by atoms with E-state index in [0.717, 1.165) is 6.26 Å². The minimum Gasteiger partial charge on any atom is -0.508 e. The average Bonchev–Trinajstić information content (AvgIpc) is 2.46. The molecule has 0 amide bonds. The van der Waals surface area contributed by atoms with Gasteiger partial charge in [-0.05, 0) is 30.3 Å². The van der Waals surface area contributed by atoms with Crippen molar-refractivity contribution < 1.29 is 13.5 Å². The molecule has 1 heterocycles. The van der Waals surface area contributed by atoms with Gasteiger partial charge in [-0.2, -0.15) is 5.26 Å². The molecule has 6 nitrogen and oxygen atoms in total. The Bertz CT molecular complexity index is 1140. The highest BCUT2D eigenvalue weighted by Crippen LogP contribution is 2.24. The maximum Gasteiger partial charge on any atom is 0.197 e. The Labute approximate surface area is 125 Å². The van der Waals surface area contributed by atoms with E-state index < -0.39 is 9.84 Å². The smallest absolute Gasteiger partial charge is 0.197 e. The quantitative estimate of drug-likeness (QED) is 0.664. The largest absolute Gasteiger partial charge is 0.508 e. The molecule has 0 unspecified atom stereocenters. The van der Waals surface area contributed by atoms with Crippen molar-refractivity contribution in [2.45, 2.75) is 4.90 Å².